The number of hydrogen-bond acceptors (Lipinski definition) is 3. The molecule has 1 aromatic rings. The first kappa shape index (κ1) is 13.9. The molecule has 1 aromatic carbocycles. The normalized spacial score (nSPS) is 9.41. The molecule has 92 valence electrons. The fourth-order valence-electron chi connectivity index (χ4n) is 1.38. The third kappa shape index (κ3) is 3.95. The van der Waals surface area contributed by atoms with E-state index in [2.05, 4.69) is 33.1 Å². The summed E-state index contributed by atoms with van der Waals surface area (Å²) in [6.45, 7) is 3.24. The molecule has 0 saturated carbocycles. The zero-order valence-corrected chi connectivity index (χ0v) is 11.8. The number of ether oxygens (including phenoxy) is 2. The molecule has 1 N–H and O–H groups in total. The van der Waals surface area contributed by atoms with Gasteiger partial charge >= 0.3 is 0 Å². The van der Waals surface area contributed by atoms with Gasteiger partial charge in [-0.05, 0) is 24.6 Å². The molecule has 0 bridgehead atoms. The van der Waals surface area contributed by atoms with E-state index in [1.165, 1.54) is 0 Å². The van der Waals surface area contributed by atoms with Gasteiger partial charge in [0.2, 0.25) is 0 Å². The molecule has 17 heavy (non-hydrogen) atoms. The molecule has 0 aliphatic carbocycles. The second-order valence-corrected chi connectivity index (χ2v) is 4.18. The summed E-state index contributed by atoms with van der Waals surface area (Å²) in [5.74, 6) is 7.25. The predicted molar refractivity (Wildman–Crippen MR) is 72.4 cm³/mol. The number of methoxy groups -OCH3 is 2. The zero-order valence-electron chi connectivity index (χ0n) is 10.3. The molecular formula is C13H16BrNO2. The fourth-order valence-corrected chi connectivity index (χ4v) is 1.84. The van der Waals surface area contributed by atoms with Gasteiger partial charge in [0.05, 0.1) is 20.8 Å². The Bertz CT molecular complexity index is 435. The van der Waals surface area contributed by atoms with Crippen molar-refractivity contribution in [1.82, 2.24) is 5.32 Å². The lowest BCUT2D eigenvalue weighted by atomic mass is 10.2. The standard InChI is InChI=1S/C13H16BrNO2/c1-4-5-6-15-9-10-7-12(16-2)13(17-3)8-11(10)14/h7-8,15H,6,9H2,1-3H3. The molecule has 1 rings (SSSR count). The first-order chi connectivity index (χ1) is 8.22. The van der Waals surface area contributed by atoms with Gasteiger partial charge in [0, 0.05) is 11.0 Å². The van der Waals surface area contributed by atoms with E-state index in [-0.39, 0.29) is 0 Å². The van der Waals surface area contributed by atoms with Crippen molar-refractivity contribution in [3.05, 3.63) is 22.2 Å². The van der Waals surface area contributed by atoms with E-state index in [9.17, 15) is 0 Å². The molecule has 0 radical (unpaired) electrons. The molecule has 0 fully saturated rings. The SMILES string of the molecule is CC#CCNCc1cc(OC)c(OC)cc1Br. The lowest BCUT2D eigenvalue weighted by Gasteiger charge is -2.11. The van der Waals surface area contributed by atoms with Gasteiger partial charge in [-0.1, -0.05) is 21.9 Å². The minimum Gasteiger partial charge on any atom is -0.493 e. The summed E-state index contributed by atoms with van der Waals surface area (Å²) in [7, 11) is 3.25. The molecule has 0 saturated heterocycles. The van der Waals surface area contributed by atoms with Gasteiger partial charge in [-0.3, -0.25) is 0 Å². The average molecular weight is 298 g/mol. The van der Waals surface area contributed by atoms with Gasteiger partial charge in [-0.15, -0.1) is 5.92 Å². The molecule has 0 aliphatic heterocycles. The molecule has 0 aromatic heterocycles. The lowest BCUT2D eigenvalue weighted by Crippen LogP contribution is -2.13. The van der Waals surface area contributed by atoms with Crippen molar-refractivity contribution in [2.45, 2.75) is 13.5 Å². The second kappa shape index (κ2) is 7.21. The largest absolute Gasteiger partial charge is 0.493 e. The summed E-state index contributed by atoms with van der Waals surface area (Å²) in [4.78, 5) is 0. The van der Waals surface area contributed by atoms with Crippen LogP contribution in [0.4, 0.5) is 0 Å². The smallest absolute Gasteiger partial charge is 0.161 e. The van der Waals surface area contributed by atoms with Crippen molar-refractivity contribution >= 4 is 15.9 Å². The van der Waals surface area contributed by atoms with Gasteiger partial charge in [-0.2, -0.15) is 0 Å². The monoisotopic (exact) mass is 297 g/mol. The quantitative estimate of drug-likeness (QED) is 0.669. The van der Waals surface area contributed by atoms with E-state index in [0.717, 1.165) is 28.1 Å². The van der Waals surface area contributed by atoms with Crippen LogP contribution in [0.2, 0.25) is 0 Å². The maximum absolute atomic E-state index is 5.26. The zero-order chi connectivity index (χ0) is 12.7. The maximum atomic E-state index is 5.26. The van der Waals surface area contributed by atoms with E-state index < -0.39 is 0 Å². The summed E-state index contributed by atoms with van der Waals surface area (Å²) >= 11 is 3.51. The average Bonchev–Trinajstić information content (AvgIpc) is 2.35. The van der Waals surface area contributed by atoms with Crippen LogP contribution in [0.5, 0.6) is 11.5 Å². The van der Waals surface area contributed by atoms with Crippen molar-refractivity contribution < 1.29 is 9.47 Å². The number of rotatable bonds is 5. The Morgan fingerprint density at radius 1 is 1.24 bits per heavy atom. The van der Waals surface area contributed by atoms with Crippen LogP contribution in [0.1, 0.15) is 12.5 Å². The van der Waals surface area contributed by atoms with Crippen LogP contribution in [-0.4, -0.2) is 20.8 Å². The minimum atomic E-state index is 0.678. The highest BCUT2D eigenvalue weighted by Gasteiger charge is 2.08. The lowest BCUT2D eigenvalue weighted by molar-refractivity contribution is 0.354. The summed E-state index contributed by atoms with van der Waals surface area (Å²) in [5.41, 5.74) is 1.11. The first-order valence-electron chi connectivity index (χ1n) is 5.23. The number of benzene rings is 1. The predicted octanol–water partition coefficient (Wildman–Crippen LogP) is 2.58. The molecule has 0 spiro atoms. The van der Waals surface area contributed by atoms with Crippen molar-refractivity contribution in [2.75, 3.05) is 20.8 Å². The Kier molecular flexibility index (Phi) is 5.88. The third-order valence-corrected chi connectivity index (χ3v) is 3.00. The van der Waals surface area contributed by atoms with Gasteiger partial charge in [0.1, 0.15) is 0 Å². The van der Waals surface area contributed by atoms with E-state index >= 15 is 0 Å². The summed E-state index contributed by atoms with van der Waals surface area (Å²) < 4.78 is 11.5. The van der Waals surface area contributed by atoms with Crippen LogP contribution in [0, 0.1) is 11.8 Å². The van der Waals surface area contributed by atoms with Gasteiger partial charge in [0.15, 0.2) is 11.5 Å². The van der Waals surface area contributed by atoms with Crippen molar-refractivity contribution in [2.24, 2.45) is 0 Å². The highest BCUT2D eigenvalue weighted by atomic mass is 79.9. The Morgan fingerprint density at radius 3 is 2.47 bits per heavy atom. The number of nitrogens with one attached hydrogen (secondary N) is 1. The number of halogens is 1. The van der Waals surface area contributed by atoms with Crippen molar-refractivity contribution in [1.29, 1.82) is 0 Å². The van der Waals surface area contributed by atoms with Gasteiger partial charge in [-0.25, -0.2) is 0 Å². The topological polar surface area (TPSA) is 30.5 Å². The molecule has 0 unspecified atom stereocenters. The Labute approximate surface area is 111 Å². The van der Waals surface area contributed by atoms with E-state index in [4.69, 9.17) is 9.47 Å². The van der Waals surface area contributed by atoms with Crippen molar-refractivity contribution in [3.63, 3.8) is 0 Å². The molecule has 0 heterocycles. The summed E-state index contributed by atoms with van der Waals surface area (Å²) in [6.07, 6.45) is 0. The molecule has 0 aliphatic rings. The molecule has 4 heteroatoms. The maximum Gasteiger partial charge on any atom is 0.161 e. The van der Waals surface area contributed by atoms with Crippen molar-refractivity contribution in [3.8, 4) is 23.3 Å². The van der Waals surface area contributed by atoms with Crippen LogP contribution >= 0.6 is 15.9 Å². The second-order valence-electron chi connectivity index (χ2n) is 3.33. The van der Waals surface area contributed by atoms with Crippen LogP contribution in [-0.2, 0) is 6.54 Å². The van der Waals surface area contributed by atoms with Gasteiger partial charge in [0.25, 0.3) is 0 Å². The third-order valence-electron chi connectivity index (χ3n) is 2.26. The fraction of sp³-hybridized carbons (Fsp3) is 0.385. The van der Waals surface area contributed by atoms with Crippen LogP contribution in [0.3, 0.4) is 0 Å². The summed E-state index contributed by atoms with van der Waals surface area (Å²) in [5, 5.41) is 3.23. The van der Waals surface area contributed by atoms with E-state index in [1.54, 1.807) is 14.2 Å². The Morgan fingerprint density at radius 2 is 1.88 bits per heavy atom. The molecule has 0 atom stereocenters. The van der Waals surface area contributed by atoms with E-state index in [1.807, 2.05) is 19.1 Å². The molecule has 3 nitrogen and oxygen atoms in total. The highest BCUT2D eigenvalue weighted by Crippen LogP contribution is 2.33. The number of hydrogen-bond donors (Lipinski definition) is 1. The Balaban J connectivity index is 2.80. The molecule has 0 amide bonds. The summed E-state index contributed by atoms with van der Waals surface area (Å²) in [6, 6.07) is 3.86. The highest BCUT2D eigenvalue weighted by molar-refractivity contribution is 9.10. The van der Waals surface area contributed by atoms with Crippen LogP contribution in [0.15, 0.2) is 16.6 Å². The van der Waals surface area contributed by atoms with Crippen LogP contribution in [0.25, 0.3) is 0 Å². The minimum absolute atomic E-state index is 0.678. The Hall–Kier alpha value is -1.18. The molecular weight excluding hydrogens is 282 g/mol. The van der Waals surface area contributed by atoms with Gasteiger partial charge < -0.3 is 14.8 Å². The first-order valence-corrected chi connectivity index (χ1v) is 6.03. The van der Waals surface area contributed by atoms with Crippen LogP contribution < -0.4 is 14.8 Å². The van der Waals surface area contributed by atoms with E-state index in [0.29, 0.717) is 6.54 Å².